The van der Waals surface area contributed by atoms with E-state index in [0.29, 0.717) is 0 Å². The molecule has 0 aromatic heterocycles. The molecule has 0 aliphatic heterocycles. The Kier molecular flexibility index (Phi) is 4.51. The molecule has 0 N–H and O–H groups in total. The molecule has 0 atom stereocenters. The third-order valence-corrected chi connectivity index (χ3v) is 7.81. The smallest absolute Gasteiger partial charge is 0.0181 e. The summed E-state index contributed by atoms with van der Waals surface area (Å²) in [6.45, 7) is 0. The maximum absolute atomic E-state index is 3.68. The molecule has 6 aromatic carbocycles. The van der Waals surface area contributed by atoms with Crippen molar-refractivity contribution in [3.8, 4) is 0 Å². The number of hydrogen-bond acceptors (Lipinski definition) is 0. The van der Waals surface area contributed by atoms with Gasteiger partial charge in [0.25, 0.3) is 0 Å². The van der Waals surface area contributed by atoms with E-state index in [-0.39, 0.29) is 0 Å². The van der Waals surface area contributed by atoms with Crippen molar-refractivity contribution in [3.05, 3.63) is 90.7 Å². The van der Waals surface area contributed by atoms with Crippen molar-refractivity contribution in [2.24, 2.45) is 0 Å². The number of rotatable bonds is 0. The molecule has 0 radical (unpaired) electrons. The van der Waals surface area contributed by atoms with Crippen molar-refractivity contribution >= 4 is 118 Å². The van der Waals surface area contributed by atoms with Crippen LogP contribution in [0.5, 0.6) is 0 Å². The molecule has 0 aliphatic rings. The van der Waals surface area contributed by atoms with Gasteiger partial charge in [0.05, 0.1) is 0 Å². The predicted molar refractivity (Wildman–Crippen MR) is 145 cm³/mol. The zero-order chi connectivity index (χ0) is 20.6. The molecular weight excluding hydrogens is 632 g/mol. The Bertz CT molecular complexity index is 1430. The largest absolute Gasteiger partial charge is 0.0526 e. The SMILES string of the molecule is Brc1ccc2c(c1)c1cc(Br)ccc1c1c3ccc(Br)cc3c3cc(Br)ccc3c21. The van der Waals surface area contributed by atoms with Crippen molar-refractivity contribution in [2.45, 2.75) is 0 Å². The first-order valence-electron chi connectivity index (χ1n) is 9.46. The number of hydrogen-bond donors (Lipinski definition) is 0. The molecule has 0 bridgehead atoms. The minimum atomic E-state index is 1.09. The quantitative estimate of drug-likeness (QED) is 0.145. The second-order valence-corrected chi connectivity index (χ2v) is 11.2. The zero-order valence-corrected chi connectivity index (χ0v) is 21.8. The third-order valence-electron chi connectivity index (χ3n) is 5.83. The maximum atomic E-state index is 3.68. The van der Waals surface area contributed by atoms with Crippen LogP contribution in [0.25, 0.3) is 53.9 Å². The molecule has 0 amide bonds. The van der Waals surface area contributed by atoms with Crippen LogP contribution in [0.1, 0.15) is 0 Å². The fourth-order valence-electron chi connectivity index (χ4n) is 4.66. The van der Waals surface area contributed by atoms with Gasteiger partial charge in [0, 0.05) is 17.9 Å². The fraction of sp³-hybridized carbons (Fsp3) is 0. The van der Waals surface area contributed by atoms with Gasteiger partial charge < -0.3 is 0 Å². The molecule has 0 fully saturated rings. The van der Waals surface area contributed by atoms with Crippen LogP contribution < -0.4 is 0 Å². The van der Waals surface area contributed by atoms with Crippen LogP contribution in [-0.4, -0.2) is 0 Å². The van der Waals surface area contributed by atoms with Gasteiger partial charge in [0.15, 0.2) is 0 Å². The summed E-state index contributed by atoms with van der Waals surface area (Å²) < 4.78 is 4.36. The van der Waals surface area contributed by atoms with Crippen molar-refractivity contribution < 1.29 is 0 Å². The molecule has 0 spiro atoms. The van der Waals surface area contributed by atoms with Crippen molar-refractivity contribution in [3.63, 3.8) is 0 Å². The highest BCUT2D eigenvalue weighted by atomic mass is 79.9. The minimum absolute atomic E-state index is 1.09. The van der Waals surface area contributed by atoms with Gasteiger partial charge in [-0.15, -0.1) is 0 Å². The highest BCUT2D eigenvalue weighted by molar-refractivity contribution is 9.11. The molecule has 0 saturated carbocycles. The Hall–Kier alpha value is -1.46. The molecule has 4 heteroatoms. The summed E-state index contributed by atoms with van der Waals surface area (Å²) in [5, 5.41) is 12.7. The number of benzene rings is 6. The lowest BCUT2D eigenvalue weighted by Gasteiger charge is -2.17. The highest BCUT2D eigenvalue weighted by Crippen LogP contribution is 2.45. The van der Waals surface area contributed by atoms with Crippen molar-refractivity contribution in [2.75, 3.05) is 0 Å². The van der Waals surface area contributed by atoms with Crippen LogP contribution in [0, 0.1) is 0 Å². The van der Waals surface area contributed by atoms with Crippen molar-refractivity contribution in [1.29, 1.82) is 0 Å². The van der Waals surface area contributed by atoms with Crippen LogP contribution in [0.3, 0.4) is 0 Å². The van der Waals surface area contributed by atoms with E-state index in [1.54, 1.807) is 0 Å². The van der Waals surface area contributed by atoms with E-state index < -0.39 is 0 Å². The lowest BCUT2D eigenvalue weighted by Crippen LogP contribution is -1.89. The lowest BCUT2D eigenvalue weighted by atomic mass is 9.87. The zero-order valence-electron chi connectivity index (χ0n) is 15.4. The standard InChI is InChI=1S/C26H12Br4/c27-13-1-5-17-21(9-13)22-10-14(28)3-7-19(22)26-20-8-4-16(30)12-24(20)23-11-15(29)2-6-18(23)25(17)26/h1-12H. The van der Waals surface area contributed by atoms with E-state index >= 15 is 0 Å². The van der Waals surface area contributed by atoms with Gasteiger partial charge in [0.2, 0.25) is 0 Å². The highest BCUT2D eigenvalue weighted by Gasteiger charge is 2.16. The van der Waals surface area contributed by atoms with E-state index in [0.717, 1.165) is 17.9 Å². The minimum Gasteiger partial charge on any atom is -0.0526 e. The summed E-state index contributed by atoms with van der Waals surface area (Å²) in [7, 11) is 0. The van der Waals surface area contributed by atoms with Crippen molar-refractivity contribution in [1.82, 2.24) is 0 Å². The normalized spacial score (nSPS) is 12.0. The Morgan fingerprint density at radius 1 is 0.300 bits per heavy atom. The second-order valence-electron chi connectivity index (χ2n) is 7.51. The summed E-state index contributed by atoms with van der Waals surface area (Å²) in [5.74, 6) is 0. The van der Waals surface area contributed by atoms with Gasteiger partial charge in [-0.3, -0.25) is 0 Å². The summed E-state index contributed by atoms with van der Waals surface area (Å²) in [4.78, 5) is 0. The van der Waals surface area contributed by atoms with Gasteiger partial charge >= 0.3 is 0 Å². The average molecular weight is 644 g/mol. The van der Waals surface area contributed by atoms with E-state index in [4.69, 9.17) is 0 Å². The van der Waals surface area contributed by atoms with Gasteiger partial charge in [-0.25, -0.2) is 0 Å². The Balaban J connectivity index is 2.08. The second kappa shape index (κ2) is 7.03. The molecule has 6 aromatic rings. The van der Waals surface area contributed by atoms with E-state index in [1.165, 1.54) is 53.9 Å². The predicted octanol–water partition coefficient (Wildman–Crippen LogP) is 10.5. The maximum Gasteiger partial charge on any atom is 0.0181 e. The van der Waals surface area contributed by atoms with Crippen LogP contribution in [-0.2, 0) is 0 Å². The van der Waals surface area contributed by atoms with E-state index in [1.807, 2.05) is 0 Å². The van der Waals surface area contributed by atoms with Crippen LogP contribution >= 0.6 is 63.7 Å². The Labute approximate surface area is 206 Å². The molecule has 0 unspecified atom stereocenters. The average Bonchev–Trinajstić information content (AvgIpc) is 2.73. The first-order valence-corrected chi connectivity index (χ1v) is 12.6. The summed E-state index contributed by atoms with van der Waals surface area (Å²) in [6.07, 6.45) is 0. The molecule has 0 nitrogen and oxygen atoms in total. The van der Waals surface area contributed by atoms with Gasteiger partial charge in [-0.2, -0.15) is 0 Å². The summed E-state index contributed by atoms with van der Waals surface area (Å²) in [5.41, 5.74) is 0. The Morgan fingerprint density at radius 3 is 0.767 bits per heavy atom. The molecular formula is C26H12Br4. The molecule has 0 heterocycles. The fourth-order valence-corrected chi connectivity index (χ4v) is 6.10. The monoisotopic (exact) mass is 640 g/mol. The van der Waals surface area contributed by atoms with Gasteiger partial charge in [-0.1, -0.05) is 88.0 Å². The molecule has 0 saturated heterocycles. The van der Waals surface area contributed by atoms with Gasteiger partial charge in [0.1, 0.15) is 0 Å². The molecule has 144 valence electrons. The van der Waals surface area contributed by atoms with E-state index in [9.17, 15) is 0 Å². The van der Waals surface area contributed by atoms with Crippen LogP contribution in [0.15, 0.2) is 90.7 Å². The summed E-state index contributed by atoms with van der Waals surface area (Å²) >= 11 is 14.7. The summed E-state index contributed by atoms with van der Waals surface area (Å²) in [6, 6.07) is 26.5. The molecule has 0 aliphatic carbocycles. The Morgan fingerprint density at radius 2 is 0.533 bits per heavy atom. The molecule has 30 heavy (non-hydrogen) atoms. The lowest BCUT2D eigenvalue weighted by molar-refractivity contribution is 1.71. The third kappa shape index (κ3) is 2.81. The number of fused-ring (bicyclic) bond motifs is 11. The van der Waals surface area contributed by atoms with Crippen LogP contribution in [0.2, 0.25) is 0 Å². The molecule has 6 rings (SSSR count). The van der Waals surface area contributed by atoms with Crippen LogP contribution in [0.4, 0.5) is 0 Å². The first-order chi connectivity index (χ1) is 14.5. The van der Waals surface area contributed by atoms with E-state index in [2.05, 4.69) is 137 Å². The first kappa shape index (κ1) is 19.2. The topological polar surface area (TPSA) is 0 Å². The number of halogens is 4. The van der Waals surface area contributed by atoms with Gasteiger partial charge in [-0.05, 0) is 102 Å².